The zero-order chi connectivity index (χ0) is 36.5. The van der Waals surface area contributed by atoms with E-state index in [2.05, 4.69) is 31.8 Å². The van der Waals surface area contributed by atoms with Crippen LogP contribution in [0, 0.1) is 18.2 Å². The fraction of sp³-hybridized carbons (Fsp3) is 0.250. The lowest BCUT2D eigenvalue weighted by molar-refractivity contribution is -0.117. The van der Waals surface area contributed by atoms with Crippen molar-refractivity contribution in [3.05, 3.63) is 77.2 Å². The summed E-state index contributed by atoms with van der Waals surface area (Å²) in [6.07, 6.45) is 8.09. The highest BCUT2D eigenvalue weighted by Crippen LogP contribution is 2.36. The van der Waals surface area contributed by atoms with Gasteiger partial charge in [0, 0.05) is 50.4 Å². The first-order chi connectivity index (χ1) is 24.5. The number of nitrogens with two attached hydrogens (primary N) is 1. The number of halogens is 2. The van der Waals surface area contributed by atoms with Crippen molar-refractivity contribution in [1.82, 2.24) is 15.3 Å². The Balaban J connectivity index is 0.000000279. The van der Waals surface area contributed by atoms with E-state index >= 15 is 0 Å². The third-order valence-corrected chi connectivity index (χ3v) is 7.98. The average Bonchev–Trinajstić information content (AvgIpc) is 3.46. The van der Waals surface area contributed by atoms with Gasteiger partial charge >= 0.3 is 0 Å². The number of nitrogens with zero attached hydrogens (tertiary/aromatic N) is 4. The Hall–Kier alpha value is -6.07. The Kier molecular flexibility index (Phi) is 11.8. The van der Waals surface area contributed by atoms with Crippen LogP contribution in [0.25, 0.3) is 0 Å². The maximum Gasteiger partial charge on any atom is 0.254 e. The zero-order valence-corrected chi connectivity index (χ0v) is 28.7. The van der Waals surface area contributed by atoms with Crippen LogP contribution in [-0.4, -0.2) is 60.5 Å². The molecule has 0 fully saturated rings. The van der Waals surface area contributed by atoms with Gasteiger partial charge in [-0.25, -0.2) is 9.37 Å². The molecule has 0 bridgehead atoms. The van der Waals surface area contributed by atoms with Crippen LogP contribution in [0.2, 0.25) is 5.02 Å². The maximum absolute atomic E-state index is 14.7. The number of para-hydroxylation sites is 1. The maximum atomic E-state index is 14.7. The second kappa shape index (κ2) is 16.6. The van der Waals surface area contributed by atoms with Crippen LogP contribution >= 0.6 is 11.6 Å². The van der Waals surface area contributed by atoms with Crippen LogP contribution in [0.1, 0.15) is 37.0 Å². The molecule has 2 aliphatic rings. The second-order valence-electron chi connectivity index (χ2n) is 11.3. The third kappa shape index (κ3) is 8.94. The van der Waals surface area contributed by atoms with E-state index in [1.165, 1.54) is 31.3 Å². The number of ether oxygens (including phenoxy) is 2. The van der Waals surface area contributed by atoms with Gasteiger partial charge in [-0.05, 0) is 49.2 Å². The minimum absolute atomic E-state index is 0.00815. The highest BCUT2D eigenvalue weighted by molar-refractivity contribution is 6.33. The SMILES string of the molecule is C#CCNC(=O)c1cccc(F)c1Nc1nc(Nc2ccc3c(c2)OCCCN3C(C)=O)ncc1Cl.CC(=O)N1CCCOc2cc(N)ccc21. The van der Waals surface area contributed by atoms with Gasteiger partial charge in [-0.2, -0.15) is 4.98 Å². The molecule has 0 unspecified atom stereocenters. The van der Waals surface area contributed by atoms with Gasteiger partial charge in [0.05, 0.1) is 48.6 Å². The largest absolute Gasteiger partial charge is 0.491 e. The van der Waals surface area contributed by atoms with E-state index in [-0.39, 0.29) is 46.4 Å². The van der Waals surface area contributed by atoms with E-state index in [4.69, 9.17) is 33.2 Å². The number of terminal acetylenes is 1. The number of aromatic nitrogens is 2. The molecule has 3 aromatic carbocycles. The minimum atomic E-state index is -0.675. The summed E-state index contributed by atoms with van der Waals surface area (Å²) in [5.41, 5.74) is 8.35. The van der Waals surface area contributed by atoms with Crippen molar-refractivity contribution in [2.24, 2.45) is 0 Å². The first-order valence-corrected chi connectivity index (χ1v) is 16.4. The van der Waals surface area contributed by atoms with E-state index < -0.39 is 11.7 Å². The summed E-state index contributed by atoms with van der Waals surface area (Å²) in [6.45, 7) is 5.44. The number of hydrogen-bond donors (Lipinski definition) is 4. The second-order valence-corrected chi connectivity index (χ2v) is 11.8. The fourth-order valence-corrected chi connectivity index (χ4v) is 5.47. The monoisotopic (exact) mass is 714 g/mol. The van der Waals surface area contributed by atoms with Gasteiger partial charge < -0.3 is 41.0 Å². The van der Waals surface area contributed by atoms with Crippen molar-refractivity contribution in [2.75, 3.05) is 59.0 Å². The summed E-state index contributed by atoms with van der Waals surface area (Å²) < 4.78 is 26.0. The molecule has 2 aliphatic heterocycles. The van der Waals surface area contributed by atoms with Crippen molar-refractivity contribution in [2.45, 2.75) is 26.7 Å². The number of fused-ring (bicyclic) bond motifs is 2. The first kappa shape index (κ1) is 36.2. The predicted molar refractivity (Wildman–Crippen MR) is 195 cm³/mol. The van der Waals surface area contributed by atoms with E-state index in [0.717, 1.165) is 12.1 Å². The lowest BCUT2D eigenvalue weighted by Crippen LogP contribution is -2.28. The number of nitrogen functional groups attached to an aromatic ring is 1. The molecule has 3 heterocycles. The number of amides is 3. The number of rotatable bonds is 6. The Labute approximate surface area is 299 Å². The summed E-state index contributed by atoms with van der Waals surface area (Å²) >= 11 is 6.25. The quantitative estimate of drug-likeness (QED) is 0.145. The van der Waals surface area contributed by atoms with Crippen LogP contribution < -0.4 is 41.0 Å². The molecule has 6 rings (SSSR count). The average molecular weight is 715 g/mol. The molecule has 51 heavy (non-hydrogen) atoms. The molecule has 0 radical (unpaired) electrons. The molecule has 0 saturated carbocycles. The summed E-state index contributed by atoms with van der Waals surface area (Å²) in [7, 11) is 0. The molecule has 0 spiro atoms. The van der Waals surface area contributed by atoms with Crippen LogP contribution in [0.5, 0.6) is 11.5 Å². The van der Waals surface area contributed by atoms with Gasteiger partial charge in [0.2, 0.25) is 17.8 Å². The van der Waals surface area contributed by atoms with Gasteiger partial charge in [-0.1, -0.05) is 23.6 Å². The molecular weight excluding hydrogens is 679 g/mol. The van der Waals surface area contributed by atoms with Crippen molar-refractivity contribution in [1.29, 1.82) is 0 Å². The van der Waals surface area contributed by atoms with Gasteiger partial charge in [-0.15, -0.1) is 6.42 Å². The summed E-state index contributed by atoms with van der Waals surface area (Å²) in [6, 6.07) is 14.7. The smallest absolute Gasteiger partial charge is 0.254 e. The molecule has 0 aliphatic carbocycles. The molecule has 4 aromatic rings. The minimum Gasteiger partial charge on any atom is -0.491 e. The number of hydrogen-bond acceptors (Lipinski definition) is 10. The van der Waals surface area contributed by atoms with E-state index in [1.807, 2.05) is 6.07 Å². The first-order valence-electron chi connectivity index (χ1n) is 16.0. The van der Waals surface area contributed by atoms with Crippen LogP contribution in [-0.2, 0) is 9.59 Å². The Morgan fingerprint density at radius 2 is 1.61 bits per heavy atom. The molecule has 1 aromatic heterocycles. The fourth-order valence-electron chi connectivity index (χ4n) is 5.33. The van der Waals surface area contributed by atoms with Crippen LogP contribution in [0.4, 0.5) is 44.6 Å². The van der Waals surface area contributed by atoms with E-state index in [9.17, 15) is 18.8 Å². The Morgan fingerprint density at radius 3 is 2.25 bits per heavy atom. The summed E-state index contributed by atoms with van der Waals surface area (Å²) in [5.74, 6) is 2.52. The zero-order valence-electron chi connectivity index (χ0n) is 28.0. The highest BCUT2D eigenvalue weighted by atomic mass is 35.5. The van der Waals surface area contributed by atoms with Crippen molar-refractivity contribution < 1.29 is 28.2 Å². The molecular formula is C36H36ClFN8O5. The van der Waals surface area contributed by atoms with Crippen LogP contribution in [0.3, 0.4) is 0 Å². The normalized spacial score (nSPS) is 13.2. The van der Waals surface area contributed by atoms with Gasteiger partial charge in [0.25, 0.3) is 5.91 Å². The number of anilines is 7. The summed E-state index contributed by atoms with van der Waals surface area (Å²) in [5, 5.41) is 8.46. The molecule has 13 nitrogen and oxygen atoms in total. The molecule has 0 saturated heterocycles. The van der Waals surface area contributed by atoms with Gasteiger partial charge in [0.1, 0.15) is 22.3 Å². The van der Waals surface area contributed by atoms with Crippen molar-refractivity contribution >= 4 is 69.5 Å². The molecule has 5 N–H and O–H groups in total. The molecule has 264 valence electrons. The number of benzene rings is 3. The Bertz CT molecular complexity index is 1990. The van der Waals surface area contributed by atoms with E-state index in [1.54, 1.807) is 47.1 Å². The number of carbonyl (C=O) groups excluding carboxylic acids is 3. The summed E-state index contributed by atoms with van der Waals surface area (Å²) in [4.78, 5) is 47.8. The standard InChI is InChI=1S/C25H22ClFN6O3.C11H14N2O2/c1-3-10-28-24(35)17-6-4-7-19(27)22(17)31-23-18(26)14-29-25(32-23)30-16-8-9-20-21(13-16)36-12-5-11-33(20)15(2)34;1-8(14)13-5-2-6-15-11-7-9(12)3-4-10(11)13/h1,4,6-9,13-14H,5,10-12H2,2H3,(H,28,35)(H2,29,30,31,32);3-4,7H,2,5-6,12H2,1H3. The number of nitrogens with one attached hydrogen (secondary N) is 3. The van der Waals surface area contributed by atoms with Gasteiger partial charge in [-0.3, -0.25) is 14.4 Å². The molecule has 0 atom stereocenters. The Morgan fingerprint density at radius 1 is 0.961 bits per heavy atom. The van der Waals surface area contributed by atoms with Crippen LogP contribution in [0.15, 0.2) is 60.8 Å². The van der Waals surface area contributed by atoms with E-state index in [0.29, 0.717) is 61.3 Å². The molecule has 3 amide bonds. The third-order valence-electron chi connectivity index (χ3n) is 7.71. The number of carbonyl (C=O) groups is 3. The highest BCUT2D eigenvalue weighted by Gasteiger charge is 2.22. The van der Waals surface area contributed by atoms with Gasteiger partial charge in [0.15, 0.2) is 5.82 Å². The van der Waals surface area contributed by atoms with Crippen molar-refractivity contribution in [3.63, 3.8) is 0 Å². The van der Waals surface area contributed by atoms with Crippen molar-refractivity contribution in [3.8, 4) is 23.8 Å². The molecule has 15 heteroatoms. The lowest BCUT2D eigenvalue weighted by Gasteiger charge is -2.20. The topological polar surface area (TPSA) is 164 Å². The predicted octanol–water partition coefficient (Wildman–Crippen LogP) is 5.66. The lowest BCUT2D eigenvalue weighted by atomic mass is 10.1.